The summed E-state index contributed by atoms with van der Waals surface area (Å²) in [5.74, 6) is -1.20. The van der Waals surface area contributed by atoms with E-state index in [4.69, 9.17) is 9.47 Å². The molecule has 0 aliphatic rings. The first kappa shape index (κ1) is 18.9. The van der Waals surface area contributed by atoms with Crippen molar-refractivity contribution in [1.82, 2.24) is 0 Å². The minimum Gasteiger partial charge on any atom is -0.481 e. The van der Waals surface area contributed by atoms with Gasteiger partial charge in [0.25, 0.3) is 5.91 Å². The highest BCUT2D eigenvalue weighted by Gasteiger charge is 2.17. The van der Waals surface area contributed by atoms with Gasteiger partial charge in [-0.15, -0.1) is 0 Å². The molecule has 0 spiro atoms. The molecule has 2 rings (SSSR count). The van der Waals surface area contributed by atoms with Gasteiger partial charge in [-0.25, -0.2) is 9.18 Å². The van der Waals surface area contributed by atoms with Gasteiger partial charge in [-0.05, 0) is 50.2 Å². The molecule has 25 heavy (non-hydrogen) atoms. The fourth-order valence-corrected chi connectivity index (χ4v) is 2.33. The van der Waals surface area contributed by atoms with Gasteiger partial charge in [-0.1, -0.05) is 22.0 Å². The first-order valence-corrected chi connectivity index (χ1v) is 8.39. The molecular formula is C18H17BrFNO4. The molecule has 0 aliphatic carbocycles. The Kier molecular flexibility index (Phi) is 6.52. The number of anilines is 1. The average Bonchev–Trinajstić information content (AvgIpc) is 2.57. The van der Waals surface area contributed by atoms with Gasteiger partial charge >= 0.3 is 5.97 Å². The summed E-state index contributed by atoms with van der Waals surface area (Å²) in [6, 6.07) is 10.6. The number of hydrogen-bond donors (Lipinski definition) is 1. The second kappa shape index (κ2) is 8.62. The zero-order valence-corrected chi connectivity index (χ0v) is 15.3. The van der Waals surface area contributed by atoms with Gasteiger partial charge in [0.05, 0.1) is 17.9 Å². The van der Waals surface area contributed by atoms with Gasteiger partial charge in [-0.3, -0.25) is 4.79 Å². The first-order chi connectivity index (χ1) is 11.9. The van der Waals surface area contributed by atoms with E-state index in [-0.39, 0.29) is 12.3 Å². The summed E-state index contributed by atoms with van der Waals surface area (Å²) < 4.78 is 24.8. The maximum absolute atomic E-state index is 13.8. The van der Waals surface area contributed by atoms with E-state index in [0.29, 0.717) is 15.8 Å². The van der Waals surface area contributed by atoms with Gasteiger partial charge < -0.3 is 14.8 Å². The third kappa shape index (κ3) is 5.29. The molecule has 2 aromatic carbocycles. The second-order valence-corrected chi connectivity index (χ2v) is 6.04. The predicted octanol–water partition coefficient (Wildman–Crippen LogP) is 4.17. The molecule has 132 valence electrons. The Morgan fingerprint density at radius 3 is 2.68 bits per heavy atom. The van der Waals surface area contributed by atoms with Gasteiger partial charge in [0.15, 0.2) is 6.10 Å². The number of amides is 1. The highest BCUT2D eigenvalue weighted by molar-refractivity contribution is 9.10. The summed E-state index contributed by atoms with van der Waals surface area (Å²) in [7, 11) is 0. The predicted molar refractivity (Wildman–Crippen MR) is 95.2 cm³/mol. The summed E-state index contributed by atoms with van der Waals surface area (Å²) in [4.78, 5) is 23.9. The van der Waals surface area contributed by atoms with E-state index < -0.39 is 23.8 Å². The number of esters is 1. The van der Waals surface area contributed by atoms with Crippen LogP contribution in [0.2, 0.25) is 0 Å². The monoisotopic (exact) mass is 409 g/mol. The molecule has 5 nitrogen and oxygen atoms in total. The lowest BCUT2D eigenvalue weighted by Gasteiger charge is -2.15. The van der Waals surface area contributed by atoms with Crippen LogP contribution in [-0.2, 0) is 9.53 Å². The highest BCUT2D eigenvalue weighted by Crippen LogP contribution is 2.20. The number of nitrogens with one attached hydrogen (secondary N) is 1. The Morgan fingerprint density at radius 1 is 1.24 bits per heavy atom. The maximum atomic E-state index is 13.8. The molecule has 1 atom stereocenters. The SMILES string of the molecule is CCOC(=O)c1cccc(O[C@@H](C)C(=O)Nc2ccc(Br)cc2F)c1. The smallest absolute Gasteiger partial charge is 0.338 e. The lowest BCUT2D eigenvalue weighted by molar-refractivity contribution is -0.122. The first-order valence-electron chi connectivity index (χ1n) is 7.60. The normalized spacial score (nSPS) is 11.5. The van der Waals surface area contributed by atoms with Crippen molar-refractivity contribution in [2.24, 2.45) is 0 Å². The molecule has 0 aromatic heterocycles. The molecule has 0 unspecified atom stereocenters. The van der Waals surface area contributed by atoms with Crippen LogP contribution in [0.25, 0.3) is 0 Å². The molecule has 0 aliphatic heterocycles. The fraction of sp³-hybridized carbons (Fsp3) is 0.222. The van der Waals surface area contributed by atoms with Crippen molar-refractivity contribution in [3.63, 3.8) is 0 Å². The van der Waals surface area contributed by atoms with Gasteiger partial charge in [-0.2, -0.15) is 0 Å². The van der Waals surface area contributed by atoms with Crippen molar-refractivity contribution in [1.29, 1.82) is 0 Å². The van der Waals surface area contributed by atoms with E-state index in [9.17, 15) is 14.0 Å². The van der Waals surface area contributed by atoms with Crippen LogP contribution in [0.3, 0.4) is 0 Å². The second-order valence-electron chi connectivity index (χ2n) is 5.12. The Hall–Kier alpha value is -2.41. The molecular weight excluding hydrogens is 393 g/mol. The molecule has 0 fully saturated rings. The van der Waals surface area contributed by atoms with Crippen LogP contribution >= 0.6 is 15.9 Å². The highest BCUT2D eigenvalue weighted by atomic mass is 79.9. The Morgan fingerprint density at radius 2 is 2.00 bits per heavy atom. The number of benzene rings is 2. The Labute approximate surface area is 153 Å². The zero-order valence-electron chi connectivity index (χ0n) is 13.7. The van der Waals surface area contributed by atoms with Crippen molar-refractivity contribution in [2.75, 3.05) is 11.9 Å². The van der Waals surface area contributed by atoms with E-state index >= 15 is 0 Å². The van der Waals surface area contributed by atoms with Crippen LogP contribution in [0, 0.1) is 5.82 Å². The van der Waals surface area contributed by atoms with Crippen molar-refractivity contribution in [3.8, 4) is 5.75 Å². The molecule has 1 amide bonds. The molecule has 0 bridgehead atoms. The lowest BCUT2D eigenvalue weighted by Crippen LogP contribution is -2.30. The van der Waals surface area contributed by atoms with Crippen LogP contribution in [0.4, 0.5) is 10.1 Å². The van der Waals surface area contributed by atoms with E-state index in [1.54, 1.807) is 31.2 Å². The van der Waals surface area contributed by atoms with Gasteiger partial charge in [0.2, 0.25) is 0 Å². The number of hydrogen-bond acceptors (Lipinski definition) is 4. The maximum Gasteiger partial charge on any atom is 0.338 e. The Balaban J connectivity index is 2.03. The summed E-state index contributed by atoms with van der Waals surface area (Å²) in [6.45, 7) is 3.51. The van der Waals surface area contributed by atoms with Crippen molar-refractivity contribution in [2.45, 2.75) is 20.0 Å². The standard InChI is InChI=1S/C18H17BrFNO4/c1-3-24-18(23)12-5-4-6-14(9-12)25-11(2)17(22)21-16-8-7-13(19)10-15(16)20/h4-11H,3H2,1-2H3,(H,21,22)/t11-/m0/s1. The molecule has 0 saturated carbocycles. The van der Waals surface area contributed by atoms with Crippen molar-refractivity contribution < 1.29 is 23.5 Å². The molecule has 7 heteroatoms. The zero-order chi connectivity index (χ0) is 18.4. The lowest BCUT2D eigenvalue weighted by atomic mass is 10.2. The minimum absolute atomic E-state index is 0.0592. The average molecular weight is 410 g/mol. The molecule has 0 heterocycles. The van der Waals surface area contributed by atoms with E-state index in [2.05, 4.69) is 21.2 Å². The van der Waals surface area contributed by atoms with Crippen LogP contribution < -0.4 is 10.1 Å². The van der Waals surface area contributed by atoms with E-state index in [1.165, 1.54) is 25.1 Å². The Bertz CT molecular complexity index is 781. The largest absolute Gasteiger partial charge is 0.481 e. The molecule has 2 aromatic rings. The summed E-state index contributed by atoms with van der Waals surface area (Å²) in [5, 5.41) is 2.46. The molecule has 1 N–H and O–H groups in total. The van der Waals surface area contributed by atoms with Crippen LogP contribution in [0.15, 0.2) is 46.9 Å². The number of ether oxygens (including phenoxy) is 2. The summed E-state index contributed by atoms with van der Waals surface area (Å²) in [5.41, 5.74) is 0.384. The van der Waals surface area contributed by atoms with Gasteiger partial charge in [0, 0.05) is 4.47 Å². The molecule has 0 radical (unpaired) electrons. The third-order valence-electron chi connectivity index (χ3n) is 3.22. The van der Waals surface area contributed by atoms with Crippen LogP contribution in [0.5, 0.6) is 5.75 Å². The minimum atomic E-state index is -0.888. The number of carbonyl (C=O) groups excluding carboxylic acids is 2. The summed E-state index contributed by atoms with van der Waals surface area (Å²) in [6.07, 6.45) is -0.888. The topological polar surface area (TPSA) is 64.6 Å². The van der Waals surface area contributed by atoms with E-state index in [0.717, 1.165) is 0 Å². The van der Waals surface area contributed by atoms with E-state index in [1.807, 2.05) is 0 Å². The van der Waals surface area contributed by atoms with Crippen molar-refractivity contribution in [3.05, 3.63) is 58.3 Å². The number of carbonyl (C=O) groups is 2. The number of halogens is 2. The molecule has 0 saturated heterocycles. The summed E-state index contributed by atoms with van der Waals surface area (Å²) >= 11 is 3.15. The van der Waals surface area contributed by atoms with Crippen LogP contribution in [-0.4, -0.2) is 24.6 Å². The van der Waals surface area contributed by atoms with Crippen LogP contribution in [0.1, 0.15) is 24.2 Å². The third-order valence-corrected chi connectivity index (χ3v) is 3.71. The van der Waals surface area contributed by atoms with Crippen molar-refractivity contribution >= 4 is 33.5 Å². The number of rotatable bonds is 6. The van der Waals surface area contributed by atoms with Gasteiger partial charge in [0.1, 0.15) is 11.6 Å². The fourth-order valence-electron chi connectivity index (χ4n) is 1.99. The quantitative estimate of drug-likeness (QED) is 0.727.